The van der Waals surface area contributed by atoms with Gasteiger partial charge in [-0.15, -0.1) is 0 Å². The first-order chi connectivity index (χ1) is 10.9. The maximum absolute atomic E-state index is 12.4. The number of hydrogen-bond donors (Lipinski definition) is 0. The zero-order valence-electron chi connectivity index (χ0n) is 13.1. The van der Waals surface area contributed by atoms with Crippen molar-refractivity contribution in [2.24, 2.45) is 0 Å². The van der Waals surface area contributed by atoms with Gasteiger partial charge in [0, 0.05) is 11.6 Å². The molecule has 0 amide bonds. The Hall–Kier alpha value is -2.89. The van der Waals surface area contributed by atoms with Crippen molar-refractivity contribution in [1.29, 1.82) is 0 Å². The van der Waals surface area contributed by atoms with Gasteiger partial charge in [0.15, 0.2) is 17.6 Å². The molecule has 0 aromatic heterocycles. The molecule has 2 aromatic carbocycles. The van der Waals surface area contributed by atoms with Crippen molar-refractivity contribution >= 4 is 11.5 Å². The summed E-state index contributed by atoms with van der Waals surface area (Å²) in [7, 11) is 1.43. The van der Waals surface area contributed by atoms with Gasteiger partial charge in [-0.25, -0.2) is 0 Å². The number of nitrogens with zero attached hydrogens (tertiary/aromatic N) is 1. The predicted octanol–water partition coefficient (Wildman–Crippen LogP) is 3.56. The van der Waals surface area contributed by atoms with Crippen LogP contribution < -0.4 is 9.47 Å². The van der Waals surface area contributed by atoms with E-state index in [9.17, 15) is 14.9 Å². The van der Waals surface area contributed by atoms with E-state index in [1.807, 2.05) is 19.1 Å². The predicted molar refractivity (Wildman–Crippen MR) is 85.2 cm³/mol. The van der Waals surface area contributed by atoms with Crippen molar-refractivity contribution in [2.45, 2.75) is 20.0 Å². The molecule has 0 fully saturated rings. The van der Waals surface area contributed by atoms with Crippen molar-refractivity contribution in [2.75, 3.05) is 7.11 Å². The second kappa shape index (κ2) is 6.91. The lowest BCUT2D eigenvalue weighted by Gasteiger charge is -2.16. The van der Waals surface area contributed by atoms with Gasteiger partial charge in [0.1, 0.15) is 0 Å². The Morgan fingerprint density at radius 1 is 1.13 bits per heavy atom. The van der Waals surface area contributed by atoms with E-state index in [-0.39, 0.29) is 17.2 Å². The average Bonchev–Trinajstić information content (AvgIpc) is 2.54. The summed E-state index contributed by atoms with van der Waals surface area (Å²) in [5, 5.41) is 10.9. The number of nitro benzene ring substituents is 1. The molecule has 0 saturated carbocycles. The van der Waals surface area contributed by atoms with E-state index < -0.39 is 11.0 Å². The third-order valence-electron chi connectivity index (χ3n) is 3.37. The Morgan fingerprint density at radius 3 is 2.35 bits per heavy atom. The summed E-state index contributed by atoms with van der Waals surface area (Å²) in [6.45, 7) is 3.53. The number of aryl methyl sites for hydroxylation is 1. The minimum absolute atomic E-state index is 0.129. The van der Waals surface area contributed by atoms with Crippen molar-refractivity contribution in [1.82, 2.24) is 0 Å². The minimum atomic E-state index is -0.798. The number of ether oxygens (including phenoxy) is 2. The summed E-state index contributed by atoms with van der Waals surface area (Å²) in [5.74, 6) is 0.285. The first-order valence-electron chi connectivity index (χ1n) is 7.02. The molecule has 0 unspecified atom stereocenters. The summed E-state index contributed by atoms with van der Waals surface area (Å²) in [4.78, 5) is 22.7. The van der Waals surface area contributed by atoms with E-state index in [2.05, 4.69) is 0 Å². The van der Waals surface area contributed by atoms with Crippen LogP contribution in [0, 0.1) is 17.0 Å². The fourth-order valence-corrected chi connectivity index (χ4v) is 2.07. The molecule has 0 bridgehead atoms. The van der Waals surface area contributed by atoms with Gasteiger partial charge in [-0.05, 0) is 19.9 Å². The van der Waals surface area contributed by atoms with Gasteiger partial charge in [-0.3, -0.25) is 14.9 Å². The molecule has 0 aliphatic heterocycles. The van der Waals surface area contributed by atoms with Gasteiger partial charge in [-0.1, -0.05) is 29.8 Å². The van der Waals surface area contributed by atoms with Crippen LogP contribution in [0.5, 0.6) is 11.5 Å². The van der Waals surface area contributed by atoms with Crippen LogP contribution in [0.25, 0.3) is 0 Å². The van der Waals surface area contributed by atoms with Gasteiger partial charge in [0.25, 0.3) is 5.69 Å². The number of Topliss-reactive ketones (excluding diaryl/α,β-unsaturated/α-hetero) is 1. The van der Waals surface area contributed by atoms with Gasteiger partial charge >= 0.3 is 0 Å². The third-order valence-corrected chi connectivity index (χ3v) is 3.37. The molecule has 0 spiro atoms. The second-order valence-electron chi connectivity index (χ2n) is 5.08. The van der Waals surface area contributed by atoms with E-state index in [4.69, 9.17) is 9.47 Å². The molecule has 1 atom stereocenters. The van der Waals surface area contributed by atoms with E-state index in [0.717, 1.165) is 5.56 Å². The molecular formula is C17H17NO5. The highest BCUT2D eigenvalue weighted by Crippen LogP contribution is 2.32. The van der Waals surface area contributed by atoms with Crippen LogP contribution in [0.3, 0.4) is 0 Å². The number of nitro groups is 1. The highest BCUT2D eigenvalue weighted by atomic mass is 16.6. The van der Waals surface area contributed by atoms with Crippen molar-refractivity contribution < 1.29 is 19.2 Å². The van der Waals surface area contributed by atoms with E-state index in [1.54, 1.807) is 19.1 Å². The SMILES string of the molecule is COc1ccc([N+](=O)[O-])cc1O[C@H](C)C(=O)c1ccc(C)cc1. The quantitative estimate of drug-likeness (QED) is 0.462. The average molecular weight is 315 g/mol. The summed E-state index contributed by atoms with van der Waals surface area (Å²) in [5.41, 5.74) is 1.44. The van der Waals surface area contributed by atoms with E-state index in [0.29, 0.717) is 11.3 Å². The van der Waals surface area contributed by atoms with Gasteiger partial charge < -0.3 is 9.47 Å². The number of carbonyl (C=O) groups is 1. The van der Waals surface area contributed by atoms with Crippen LogP contribution in [0.1, 0.15) is 22.8 Å². The maximum atomic E-state index is 12.4. The van der Waals surface area contributed by atoms with Crippen LogP contribution in [-0.4, -0.2) is 23.9 Å². The molecule has 0 aliphatic carbocycles. The fourth-order valence-electron chi connectivity index (χ4n) is 2.07. The van der Waals surface area contributed by atoms with Crippen molar-refractivity contribution in [3.8, 4) is 11.5 Å². The Balaban J connectivity index is 2.23. The molecule has 120 valence electrons. The molecule has 0 N–H and O–H groups in total. The molecule has 2 aromatic rings. The second-order valence-corrected chi connectivity index (χ2v) is 5.08. The number of benzene rings is 2. The number of hydrogen-bond acceptors (Lipinski definition) is 5. The Kier molecular flexibility index (Phi) is 4.95. The fraction of sp³-hybridized carbons (Fsp3) is 0.235. The Morgan fingerprint density at radius 2 is 1.78 bits per heavy atom. The Bertz CT molecular complexity index is 724. The molecule has 2 rings (SSSR count). The lowest BCUT2D eigenvalue weighted by Crippen LogP contribution is -2.24. The number of methoxy groups -OCH3 is 1. The molecule has 0 saturated heterocycles. The topological polar surface area (TPSA) is 78.7 Å². The first kappa shape index (κ1) is 16.5. The third kappa shape index (κ3) is 3.85. The number of carbonyl (C=O) groups excluding carboxylic acids is 1. The van der Waals surface area contributed by atoms with Gasteiger partial charge in [0.2, 0.25) is 5.78 Å². The normalized spacial score (nSPS) is 11.6. The van der Waals surface area contributed by atoms with Gasteiger partial charge in [-0.2, -0.15) is 0 Å². The summed E-state index contributed by atoms with van der Waals surface area (Å²) in [6.07, 6.45) is -0.798. The summed E-state index contributed by atoms with van der Waals surface area (Å²) in [6, 6.07) is 11.1. The lowest BCUT2D eigenvalue weighted by molar-refractivity contribution is -0.385. The number of ketones is 1. The molecule has 0 aliphatic rings. The van der Waals surface area contributed by atoms with Crippen molar-refractivity contribution in [3.05, 3.63) is 63.7 Å². The van der Waals surface area contributed by atoms with Crippen LogP contribution >= 0.6 is 0 Å². The monoisotopic (exact) mass is 315 g/mol. The first-order valence-corrected chi connectivity index (χ1v) is 7.02. The highest BCUT2D eigenvalue weighted by Gasteiger charge is 2.20. The largest absolute Gasteiger partial charge is 0.493 e. The molecule has 23 heavy (non-hydrogen) atoms. The maximum Gasteiger partial charge on any atom is 0.273 e. The zero-order chi connectivity index (χ0) is 17.0. The van der Waals surface area contributed by atoms with Crippen molar-refractivity contribution in [3.63, 3.8) is 0 Å². The molecule has 0 radical (unpaired) electrons. The summed E-state index contributed by atoms with van der Waals surface area (Å²) >= 11 is 0. The van der Waals surface area contributed by atoms with Crippen LogP contribution in [0.15, 0.2) is 42.5 Å². The minimum Gasteiger partial charge on any atom is -0.493 e. The molecular weight excluding hydrogens is 298 g/mol. The van der Waals surface area contributed by atoms with Gasteiger partial charge in [0.05, 0.1) is 18.1 Å². The number of rotatable bonds is 6. The van der Waals surface area contributed by atoms with Crippen LogP contribution in [0.2, 0.25) is 0 Å². The lowest BCUT2D eigenvalue weighted by atomic mass is 10.1. The highest BCUT2D eigenvalue weighted by molar-refractivity contribution is 5.99. The van der Waals surface area contributed by atoms with Crippen LogP contribution in [0.4, 0.5) is 5.69 Å². The van der Waals surface area contributed by atoms with Crippen LogP contribution in [-0.2, 0) is 0 Å². The zero-order valence-corrected chi connectivity index (χ0v) is 13.1. The molecule has 6 nitrogen and oxygen atoms in total. The van der Waals surface area contributed by atoms with E-state index >= 15 is 0 Å². The van der Waals surface area contributed by atoms with E-state index in [1.165, 1.54) is 25.3 Å². The standard InChI is InChI=1S/C17H17NO5/c1-11-4-6-13(7-5-11)17(19)12(2)23-16-10-14(18(20)21)8-9-15(16)22-3/h4-10,12H,1-3H3/t12-/m1/s1. The number of non-ortho nitro benzene ring substituents is 1. The molecule has 0 heterocycles. The summed E-state index contributed by atoms with van der Waals surface area (Å²) < 4.78 is 10.7. The molecule has 6 heteroatoms. The Labute approximate surface area is 133 Å². The smallest absolute Gasteiger partial charge is 0.273 e.